The first-order valence-electron chi connectivity index (χ1n) is 10.4. The number of ether oxygens (including phenoxy) is 1. The van der Waals surface area contributed by atoms with Crippen molar-refractivity contribution >= 4 is 32.7 Å². The van der Waals surface area contributed by atoms with Crippen LogP contribution in [0.25, 0.3) is 11.0 Å². The summed E-state index contributed by atoms with van der Waals surface area (Å²) in [6.45, 7) is 6.44. The van der Waals surface area contributed by atoms with Crippen molar-refractivity contribution < 1.29 is 22.8 Å². The second-order valence-corrected chi connectivity index (χ2v) is 8.81. The molecular formula is C21H27N5O5S. The van der Waals surface area contributed by atoms with Crippen LogP contribution in [0.3, 0.4) is 0 Å². The Hall–Kier alpha value is -3.18. The maximum absolute atomic E-state index is 12.8. The van der Waals surface area contributed by atoms with Gasteiger partial charge in [-0.3, -0.25) is 4.79 Å². The largest absolute Gasteiger partial charge is 0.491 e. The average Bonchev–Trinajstić information content (AvgIpc) is 3.20. The van der Waals surface area contributed by atoms with Crippen LogP contribution in [0.4, 0.5) is 5.69 Å². The fourth-order valence-corrected chi connectivity index (χ4v) is 4.54. The smallest absolute Gasteiger partial charge is 0.265 e. The van der Waals surface area contributed by atoms with Crippen molar-refractivity contribution in [1.82, 2.24) is 19.5 Å². The molecule has 11 heteroatoms. The molecule has 0 saturated heterocycles. The first-order chi connectivity index (χ1) is 15.4. The lowest BCUT2D eigenvalue weighted by Gasteiger charge is -2.18. The highest BCUT2D eigenvalue weighted by Gasteiger charge is 2.23. The molecule has 1 aromatic heterocycles. The first kappa shape index (κ1) is 23.5. The summed E-state index contributed by atoms with van der Waals surface area (Å²) in [5, 5.41) is 10.6. The Bertz CT molecular complexity index is 1170. The highest BCUT2D eigenvalue weighted by molar-refractivity contribution is 7.89. The summed E-state index contributed by atoms with van der Waals surface area (Å²) in [6.07, 6.45) is 0.844. The van der Waals surface area contributed by atoms with Gasteiger partial charge in [0.25, 0.3) is 5.91 Å². The molecule has 0 aliphatic rings. The van der Waals surface area contributed by atoms with Gasteiger partial charge in [0.1, 0.15) is 16.8 Å². The van der Waals surface area contributed by atoms with Gasteiger partial charge in [-0.2, -0.15) is 4.31 Å². The number of aromatic nitrogens is 3. The maximum Gasteiger partial charge on any atom is 0.265 e. The van der Waals surface area contributed by atoms with Gasteiger partial charge in [0.2, 0.25) is 10.0 Å². The number of carbonyl (C=O) groups is 1. The van der Waals surface area contributed by atoms with Crippen molar-refractivity contribution in [3.05, 3.63) is 42.5 Å². The zero-order valence-corrected chi connectivity index (χ0v) is 19.1. The van der Waals surface area contributed by atoms with Crippen LogP contribution in [0.1, 0.15) is 27.2 Å². The molecule has 0 fully saturated rings. The predicted octanol–water partition coefficient (Wildman–Crippen LogP) is 2.32. The first-order valence-corrected chi connectivity index (χ1v) is 11.8. The van der Waals surface area contributed by atoms with Gasteiger partial charge in [0.05, 0.1) is 17.2 Å². The van der Waals surface area contributed by atoms with E-state index in [0.717, 1.165) is 11.3 Å². The van der Waals surface area contributed by atoms with E-state index in [1.165, 1.54) is 16.4 Å². The SMILES string of the molecule is CCCOc1ccccc1NC(=O)COn1nnc2ccc(S(=O)(=O)N(CC)CC)cc21. The standard InChI is InChI=1S/C21H27N5O5S/c1-4-13-30-20-10-8-7-9-18(20)22-21(27)15-31-26-19-14-16(11-12-17(19)23-24-26)32(28,29)25(5-2)6-3/h7-12,14H,4-6,13,15H2,1-3H3,(H,22,27). The molecule has 0 atom stereocenters. The predicted molar refractivity (Wildman–Crippen MR) is 120 cm³/mol. The molecule has 1 amide bonds. The number of nitrogens with zero attached hydrogens (tertiary/aromatic N) is 4. The summed E-state index contributed by atoms with van der Waals surface area (Å²) in [5.74, 6) is 0.147. The van der Waals surface area contributed by atoms with Gasteiger partial charge < -0.3 is 14.9 Å². The van der Waals surface area contributed by atoms with E-state index < -0.39 is 15.9 Å². The third-order valence-electron chi connectivity index (χ3n) is 4.67. The quantitative estimate of drug-likeness (QED) is 0.466. The number of fused-ring (bicyclic) bond motifs is 1. The Morgan fingerprint density at radius 1 is 1.12 bits per heavy atom. The lowest BCUT2D eigenvalue weighted by atomic mass is 10.3. The monoisotopic (exact) mass is 461 g/mol. The molecular weight excluding hydrogens is 434 g/mol. The zero-order chi connectivity index (χ0) is 23.1. The summed E-state index contributed by atoms with van der Waals surface area (Å²) < 4.78 is 32.6. The number of rotatable bonds is 11. The molecule has 0 aliphatic carbocycles. The third kappa shape index (κ3) is 5.17. The van der Waals surface area contributed by atoms with Gasteiger partial charge >= 0.3 is 0 Å². The van der Waals surface area contributed by atoms with Gasteiger partial charge in [0.15, 0.2) is 6.61 Å². The molecule has 0 spiro atoms. The molecule has 3 aromatic rings. The van der Waals surface area contributed by atoms with Gasteiger partial charge in [-0.1, -0.05) is 37.7 Å². The lowest BCUT2D eigenvalue weighted by molar-refractivity contribution is -0.121. The molecule has 32 heavy (non-hydrogen) atoms. The number of carbonyl (C=O) groups excluding carboxylic acids is 1. The molecule has 3 rings (SSSR count). The minimum absolute atomic E-state index is 0.104. The third-order valence-corrected chi connectivity index (χ3v) is 6.72. The number of benzene rings is 2. The Balaban J connectivity index is 1.74. The minimum atomic E-state index is -3.66. The van der Waals surface area contributed by atoms with Crippen LogP contribution < -0.4 is 14.9 Å². The molecule has 0 unspecified atom stereocenters. The van der Waals surface area contributed by atoms with E-state index in [9.17, 15) is 13.2 Å². The van der Waals surface area contributed by atoms with Crippen molar-refractivity contribution in [2.75, 3.05) is 31.6 Å². The van der Waals surface area contributed by atoms with Crippen LogP contribution >= 0.6 is 0 Å². The van der Waals surface area contributed by atoms with Gasteiger partial charge in [0, 0.05) is 13.1 Å². The zero-order valence-electron chi connectivity index (χ0n) is 18.3. The molecule has 1 heterocycles. The Labute approximate surface area is 187 Å². The summed E-state index contributed by atoms with van der Waals surface area (Å²) >= 11 is 0. The van der Waals surface area contributed by atoms with Crippen molar-refractivity contribution in [2.45, 2.75) is 32.1 Å². The maximum atomic E-state index is 12.8. The van der Waals surface area contributed by atoms with Crippen molar-refractivity contribution in [2.24, 2.45) is 0 Å². The van der Waals surface area contributed by atoms with Crippen LogP contribution in [-0.4, -0.2) is 60.1 Å². The van der Waals surface area contributed by atoms with E-state index in [2.05, 4.69) is 15.6 Å². The molecule has 2 aromatic carbocycles. The van der Waals surface area contributed by atoms with E-state index in [1.54, 1.807) is 38.1 Å². The number of amides is 1. The van der Waals surface area contributed by atoms with Crippen LogP contribution in [-0.2, 0) is 14.8 Å². The van der Waals surface area contributed by atoms with Crippen LogP contribution in [0.5, 0.6) is 5.75 Å². The highest BCUT2D eigenvalue weighted by Crippen LogP contribution is 2.24. The molecule has 0 aliphatic heterocycles. The number of nitrogens with one attached hydrogen (secondary N) is 1. The summed E-state index contributed by atoms with van der Waals surface area (Å²) in [6, 6.07) is 11.6. The van der Waals surface area contributed by atoms with Crippen LogP contribution in [0, 0.1) is 0 Å². The molecule has 0 radical (unpaired) electrons. The van der Waals surface area contributed by atoms with Gasteiger partial charge in [-0.15, -0.1) is 5.10 Å². The van der Waals surface area contributed by atoms with E-state index in [1.807, 2.05) is 13.0 Å². The molecule has 0 bridgehead atoms. The number of hydrogen-bond acceptors (Lipinski definition) is 7. The lowest BCUT2D eigenvalue weighted by Crippen LogP contribution is -2.30. The number of anilines is 1. The Kier molecular flexibility index (Phi) is 7.65. The number of hydrogen-bond donors (Lipinski definition) is 1. The fraction of sp³-hybridized carbons (Fsp3) is 0.381. The van der Waals surface area contributed by atoms with Crippen molar-refractivity contribution in [3.63, 3.8) is 0 Å². The Morgan fingerprint density at radius 2 is 1.88 bits per heavy atom. The normalized spacial score (nSPS) is 11.6. The van der Waals surface area contributed by atoms with Crippen molar-refractivity contribution in [3.8, 4) is 5.75 Å². The molecule has 0 saturated carbocycles. The second-order valence-electron chi connectivity index (χ2n) is 6.87. The summed E-state index contributed by atoms with van der Waals surface area (Å²) in [5.41, 5.74) is 1.32. The van der Waals surface area contributed by atoms with E-state index in [-0.39, 0.29) is 11.5 Å². The van der Waals surface area contributed by atoms with Gasteiger partial charge in [-0.25, -0.2) is 8.42 Å². The van der Waals surface area contributed by atoms with Crippen LogP contribution in [0.15, 0.2) is 47.4 Å². The molecule has 172 valence electrons. The van der Waals surface area contributed by atoms with Crippen molar-refractivity contribution in [1.29, 1.82) is 0 Å². The van der Waals surface area contributed by atoms with Crippen LogP contribution in [0.2, 0.25) is 0 Å². The second kappa shape index (κ2) is 10.4. The fourth-order valence-electron chi connectivity index (χ4n) is 3.06. The number of para-hydroxylation sites is 2. The van der Waals surface area contributed by atoms with E-state index in [0.29, 0.717) is 42.2 Å². The van der Waals surface area contributed by atoms with Gasteiger partial charge in [-0.05, 0) is 42.0 Å². The van der Waals surface area contributed by atoms with E-state index >= 15 is 0 Å². The average molecular weight is 462 g/mol. The molecule has 10 nitrogen and oxygen atoms in total. The number of sulfonamides is 1. The highest BCUT2D eigenvalue weighted by atomic mass is 32.2. The summed E-state index contributed by atoms with van der Waals surface area (Å²) in [7, 11) is -3.66. The Morgan fingerprint density at radius 3 is 2.59 bits per heavy atom. The summed E-state index contributed by atoms with van der Waals surface area (Å²) in [4.78, 5) is 19.0. The topological polar surface area (TPSA) is 116 Å². The minimum Gasteiger partial charge on any atom is -0.491 e. The molecule has 1 N–H and O–H groups in total. The van der Waals surface area contributed by atoms with E-state index in [4.69, 9.17) is 9.57 Å².